The van der Waals surface area contributed by atoms with Gasteiger partial charge in [-0.2, -0.15) is 0 Å². The van der Waals surface area contributed by atoms with Crippen molar-refractivity contribution in [1.82, 2.24) is 0 Å². The molecule has 0 aromatic heterocycles. The van der Waals surface area contributed by atoms with Gasteiger partial charge in [0, 0.05) is 0 Å². The third kappa shape index (κ3) is 2.20. The van der Waals surface area contributed by atoms with Gasteiger partial charge in [0.1, 0.15) is 0 Å². The zero-order valence-electron chi connectivity index (χ0n) is 15.9. The Morgan fingerprint density at radius 3 is 1.59 bits per heavy atom. The summed E-state index contributed by atoms with van der Waals surface area (Å²) in [5.74, 6) is 0. The van der Waals surface area contributed by atoms with E-state index in [1.54, 1.807) is 10.4 Å². The van der Waals surface area contributed by atoms with Gasteiger partial charge in [-0.25, -0.2) is 0 Å². The molecule has 2 rings (SSSR count). The van der Waals surface area contributed by atoms with Crippen LogP contribution in [0.2, 0.25) is 22.2 Å². The van der Waals surface area contributed by atoms with E-state index < -0.39 is 16.6 Å². The predicted octanol–water partition coefficient (Wildman–Crippen LogP) is 4.97. The maximum absolute atomic E-state index is 7.41. The molecule has 0 N–H and O–H groups in total. The predicted molar refractivity (Wildman–Crippen MR) is 103 cm³/mol. The molecule has 0 amide bonds. The highest BCUT2D eigenvalue weighted by Crippen LogP contribution is 2.46. The number of rotatable bonds is 4. The SMILES string of the molecule is Cc1cccc2c1[Si](C(C)C)(C(C)C)O[Si]2(C(C)C)C(C)C. The van der Waals surface area contributed by atoms with Crippen LogP contribution in [-0.2, 0) is 4.12 Å². The lowest BCUT2D eigenvalue weighted by atomic mass is 10.2. The van der Waals surface area contributed by atoms with Crippen molar-refractivity contribution in [2.24, 2.45) is 0 Å². The topological polar surface area (TPSA) is 9.23 Å². The van der Waals surface area contributed by atoms with Crippen molar-refractivity contribution < 1.29 is 4.12 Å². The first-order valence-corrected chi connectivity index (χ1v) is 13.1. The minimum atomic E-state index is -1.95. The van der Waals surface area contributed by atoms with Gasteiger partial charge in [-0.05, 0) is 45.0 Å². The van der Waals surface area contributed by atoms with Gasteiger partial charge in [0.2, 0.25) is 16.6 Å². The highest BCUT2D eigenvalue weighted by Gasteiger charge is 2.62. The Kier molecular flexibility index (Phi) is 4.83. The Hall–Kier alpha value is -0.386. The van der Waals surface area contributed by atoms with Gasteiger partial charge in [-0.1, -0.05) is 73.6 Å². The van der Waals surface area contributed by atoms with Gasteiger partial charge in [0.25, 0.3) is 0 Å². The first kappa shape index (κ1) is 18.0. The summed E-state index contributed by atoms with van der Waals surface area (Å²) >= 11 is 0. The summed E-state index contributed by atoms with van der Waals surface area (Å²) in [5, 5.41) is 3.29. The zero-order chi connectivity index (χ0) is 16.9. The molecule has 1 aliphatic heterocycles. The minimum absolute atomic E-state index is 0.624. The van der Waals surface area contributed by atoms with Crippen molar-refractivity contribution in [1.29, 1.82) is 0 Å². The number of fused-ring (bicyclic) bond motifs is 1. The second kappa shape index (κ2) is 5.92. The third-order valence-corrected chi connectivity index (χ3v) is 18.4. The van der Waals surface area contributed by atoms with Gasteiger partial charge >= 0.3 is 0 Å². The van der Waals surface area contributed by atoms with Crippen LogP contribution in [0.15, 0.2) is 18.2 Å². The average molecular weight is 335 g/mol. The smallest absolute Gasteiger partial charge is 0.217 e. The van der Waals surface area contributed by atoms with Crippen molar-refractivity contribution in [3.63, 3.8) is 0 Å². The maximum atomic E-state index is 7.41. The van der Waals surface area contributed by atoms with E-state index >= 15 is 0 Å². The van der Waals surface area contributed by atoms with Crippen LogP contribution in [0.1, 0.15) is 61.0 Å². The Morgan fingerprint density at radius 2 is 1.18 bits per heavy atom. The molecular weight excluding hydrogens is 300 g/mol. The fraction of sp³-hybridized carbons (Fsp3) is 0.684. The van der Waals surface area contributed by atoms with Crippen LogP contribution in [0.5, 0.6) is 0 Å². The normalized spacial score (nSPS) is 19.5. The highest BCUT2D eigenvalue weighted by molar-refractivity contribution is 7.09. The number of hydrogen-bond acceptors (Lipinski definition) is 1. The molecule has 1 aromatic rings. The van der Waals surface area contributed by atoms with Crippen LogP contribution < -0.4 is 10.4 Å². The molecule has 1 nitrogen and oxygen atoms in total. The molecule has 22 heavy (non-hydrogen) atoms. The minimum Gasteiger partial charge on any atom is -0.448 e. The van der Waals surface area contributed by atoms with E-state index in [2.05, 4.69) is 80.5 Å². The Balaban J connectivity index is 2.87. The van der Waals surface area contributed by atoms with Crippen molar-refractivity contribution in [2.45, 2.75) is 84.5 Å². The summed E-state index contributed by atoms with van der Waals surface area (Å²) in [4.78, 5) is 0. The number of hydrogen-bond donors (Lipinski definition) is 0. The maximum Gasteiger partial charge on any atom is 0.217 e. The zero-order valence-corrected chi connectivity index (χ0v) is 17.9. The molecule has 0 bridgehead atoms. The summed E-state index contributed by atoms with van der Waals surface area (Å²) in [6.07, 6.45) is 0. The second-order valence-electron chi connectivity index (χ2n) is 8.30. The van der Waals surface area contributed by atoms with Gasteiger partial charge in [0.15, 0.2) is 0 Å². The van der Waals surface area contributed by atoms with E-state index in [0.29, 0.717) is 22.2 Å². The van der Waals surface area contributed by atoms with Crippen LogP contribution in [0.25, 0.3) is 0 Å². The van der Waals surface area contributed by atoms with E-state index in [-0.39, 0.29) is 0 Å². The van der Waals surface area contributed by atoms with Gasteiger partial charge in [0.05, 0.1) is 0 Å². The lowest BCUT2D eigenvalue weighted by Gasteiger charge is -2.43. The van der Waals surface area contributed by atoms with Crippen molar-refractivity contribution in [3.8, 4) is 0 Å². The molecule has 1 heterocycles. The van der Waals surface area contributed by atoms with Crippen LogP contribution in [0, 0.1) is 6.92 Å². The summed E-state index contributed by atoms with van der Waals surface area (Å²) in [7, 11) is -3.89. The van der Waals surface area contributed by atoms with Crippen molar-refractivity contribution in [3.05, 3.63) is 23.8 Å². The third-order valence-electron chi connectivity index (χ3n) is 5.85. The van der Waals surface area contributed by atoms with E-state index in [0.717, 1.165) is 0 Å². The molecular formula is C19H34OSi2. The molecule has 0 spiro atoms. The standard InChI is InChI=1S/C19H34OSi2/c1-13(2)21(14(3)4)18-12-10-11-17(9)19(18)22(20-21,15(5)6)16(7)8/h10-16H,1-9H3. The fourth-order valence-corrected chi connectivity index (χ4v) is 20.1. The Morgan fingerprint density at radius 1 is 0.727 bits per heavy atom. The summed E-state index contributed by atoms with van der Waals surface area (Å²) < 4.78 is 7.41. The van der Waals surface area contributed by atoms with Crippen LogP contribution in [0.4, 0.5) is 0 Å². The molecule has 124 valence electrons. The van der Waals surface area contributed by atoms with Crippen LogP contribution >= 0.6 is 0 Å². The summed E-state index contributed by atoms with van der Waals surface area (Å²) in [6.45, 7) is 21.5. The van der Waals surface area contributed by atoms with Gasteiger partial charge < -0.3 is 4.12 Å². The lowest BCUT2D eigenvalue weighted by molar-refractivity contribution is 0.491. The molecule has 0 saturated carbocycles. The molecule has 0 radical (unpaired) electrons. The number of benzene rings is 1. The van der Waals surface area contributed by atoms with E-state index in [1.165, 1.54) is 5.56 Å². The van der Waals surface area contributed by atoms with Crippen molar-refractivity contribution >= 4 is 27.0 Å². The van der Waals surface area contributed by atoms with Gasteiger partial charge in [-0.15, -0.1) is 0 Å². The van der Waals surface area contributed by atoms with Crippen LogP contribution in [-0.4, -0.2) is 16.6 Å². The molecule has 0 saturated heterocycles. The molecule has 1 aliphatic rings. The van der Waals surface area contributed by atoms with E-state index in [4.69, 9.17) is 4.12 Å². The van der Waals surface area contributed by atoms with E-state index in [9.17, 15) is 0 Å². The largest absolute Gasteiger partial charge is 0.448 e. The molecule has 1 aromatic carbocycles. The van der Waals surface area contributed by atoms with Crippen molar-refractivity contribution in [2.75, 3.05) is 0 Å². The Bertz CT molecular complexity index is 530. The lowest BCUT2D eigenvalue weighted by Crippen LogP contribution is -2.56. The molecule has 0 fully saturated rings. The fourth-order valence-electron chi connectivity index (χ4n) is 4.90. The second-order valence-corrected chi connectivity index (χ2v) is 18.0. The first-order valence-electron chi connectivity index (χ1n) is 8.93. The highest BCUT2D eigenvalue weighted by atomic mass is 28.4. The molecule has 0 aliphatic carbocycles. The monoisotopic (exact) mass is 334 g/mol. The Labute approximate surface area is 139 Å². The number of aryl methyl sites for hydroxylation is 1. The molecule has 3 heteroatoms. The molecule has 0 atom stereocenters. The quantitative estimate of drug-likeness (QED) is 0.706. The van der Waals surface area contributed by atoms with Gasteiger partial charge in [-0.3, -0.25) is 0 Å². The van der Waals surface area contributed by atoms with E-state index in [1.807, 2.05) is 0 Å². The first-order chi connectivity index (χ1) is 10.1. The molecule has 0 unspecified atom stereocenters. The average Bonchev–Trinajstić information content (AvgIpc) is 2.73. The summed E-state index contributed by atoms with van der Waals surface area (Å²) in [5.41, 5.74) is 3.97. The van der Waals surface area contributed by atoms with Crippen LogP contribution in [0.3, 0.4) is 0 Å². The summed E-state index contributed by atoms with van der Waals surface area (Å²) in [6, 6.07) is 6.98.